The van der Waals surface area contributed by atoms with Gasteiger partial charge in [0.1, 0.15) is 11.3 Å². The van der Waals surface area contributed by atoms with Gasteiger partial charge in [-0.2, -0.15) is 0 Å². The zero-order valence-corrected chi connectivity index (χ0v) is 9.26. The minimum atomic E-state index is -0.181. The van der Waals surface area contributed by atoms with E-state index in [1.54, 1.807) is 0 Å². The Kier molecular flexibility index (Phi) is 3.38. The van der Waals surface area contributed by atoms with Gasteiger partial charge in [0.15, 0.2) is 0 Å². The molecule has 2 atom stereocenters. The summed E-state index contributed by atoms with van der Waals surface area (Å²) in [5.74, 6) is 1.40. The van der Waals surface area contributed by atoms with Crippen LogP contribution in [0.4, 0.5) is 0 Å². The van der Waals surface area contributed by atoms with Crippen molar-refractivity contribution in [1.82, 2.24) is 10.6 Å². The summed E-state index contributed by atoms with van der Waals surface area (Å²) in [6.45, 7) is 2.58. The van der Waals surface area contributed by atoms with Crippen LogP contribution in [0, 0.1) is 5.92 Å². The Hall–Kier alpha value is -0.870. The molecule has 0 aromatic rings. The largest absolute Gasteiger partial charge is 0.396 e. The number of allylic oxidation sites excluding steroid dienone is 1. The van der Waals surface area contributed by atoms with Gasteiger partial charge in [-0.1, -0.05) is 11.6 Å². The Morgan fingerprint density at radius 2 is 2.53 bits per heavy atom. The van der Waals surface area contributed by atoms with E-state index < -0.39 is 0 Å². The molecule has 0 amide bonds. The third-order valence-corrected chi connectivity index (χ3v) is 2.86. The maximum atomic E-state index is 5.92. The highest BCUT2D eigenvalue weighted by Gasteiger charge is 2.17. The first kappa shape index (κ1) is 10.6. The minimum absolute atomic E-state index is 0.181. The molecule has 1 saturated heterocycles. The maximum absolute atomic E-state index is 5.92. The highest BCUT2D eigenvalue weighted by Crippen LogP contribution is 2.12. The first-order chi connectivity index (χ1) is 7.25. The van der Waals surface area contributed by atoms with E-state index in [2.05, 4.69) is 10.6 Å². The molecular weight excluding hydrogens is 214 g/mol. The highest BCUT2D eigenvalue weighted by molar-refractivity contribution is 6.21. The van der Waals surface area contributed by atoms with Crippen molar-refractivity contribution in [2.24, 2.45) is 11.7 Å². The number of nitrogens with two attached hydrogens (primary N) is 1. The molecule has 0 aliphatic carbocycles. The van der Waals surface area contributed by atoms with Gasteiger partial charge in [0.05, 0.1) is 12.3 Å². The summed E-state index contributed by atoms with van der Waals surface area (Å²) in [6, 6.07) is 0. The summed E-state index contributed by atoms with van der Waals surface area (Å²) < 4.78 is 5.30. The van der Waals surface area contributed by atoms with Crippen LogP contribution < -0.4 is 16.4 Å². The molecule has 0 saturated carbocycles. The molecule has 2 unspecified atom stereocenters. The van der Waals surface area contributed by atoms with Crippen LogP contribution in [0.15, 0.2) is 23.7 Å². The van der Waals surface area contributed by atoms with Gasteiger partial charge in [-0.25, -0.2) is 0 Å². The second-order valence-corrected chi connectivity index (χ2v) is 4.32. The van der Waals surface area contributed by atoms with E-state index in [0.717, 1.165) is 32.0 Å². The number of nitrogens with one attached hydrogen (secondary N) is 2. The lowest BCUT2D eigenvalue weighted by Gasteiger charge is -2.22. The van der Waals surface area contributed by atoms with Crippen molar-refractivity contribution in [3.8, 4) is 0 Å². The van der Waals surface area contributed by atoms with Crippen LogP contribution in [0.1, 0.15) is 6.42 Å². The van der Waals surface area contributed by atoms with Crippen LogP contribution in [-0.2, 0) is 4.74 Å². The summed E-state index contributed by atoms with van der Waals surface area (Å²) in [5.41, 5.74) is 6.32. The summed E-state index contributed by atoms with van der Waals surface area (Å²) in [7, 11) is 0. The lowest BCUT2D eigenvalue weighted by Crippen LogP contribution is -2.38. The van der Waals surface area contributed by atoms with Crippen LogP contribution in [0.5, 0.6) is 0 Å². The predicted octanol–water partition coefficient (Wildman–Crippen LogP) is 0.465. The fourth-order valence-corrected chi connectivity index (χ4v) is 1.87. The Balaban J connectivity index is 1.84. The smallest absolute Gasteiger partial charge is 0.124 e. The molecule has 2 aliphatic rings. The summed E-state index contributed by atoms with van der Waals surface area (Å²) in [5, 5.41) is 6.34. The lowest BCUT2D eigenvalue weighted by atomic mass is 10.1. The summed E-state index contributed by atoms with van der Waals surface area (Å²) >= 11 is 5.92. The molecule has 4 N–H and O–H groups in total. The number of hydrogen-bond acceptors (Lipinski definition) is 4. The lowest BCUT2D eigenvalue weighted by molar-refractivity contribution is 0.185. The molecular formula is C10H16ClN3O. The fraction of sp³-hybridized carbons (Fsp3) is 0.600. The standard InChI is InChI=1S/C10H16ClN3O/c11-9-2-1-8(12)10(14-9)13-5-7-3-4-15-6-7/h1-2,7,9,13-14H,3-6,12H2. The molecule has 0 radical (unpaired) electrons. The molecule has 2 heterocycles. The zero-order chi connectivity index (χ0) is 10.7. The second kappa shape index (κ2) is 4.77. The Bertz CT molecular complexity index is 284. The number of hydrogen-bond donors (Lipinski definition) is 3. The molecule has 2 rings (SSSR count). The van der Waals surface area contributed by atoms with Crippen molar-refractivity contribution in [3.63, 3.8) is 0 Å². The van der Waals surface area contributed by atoms with E-state index in [-0.39, 0.29) is 5.50 Å². The average Bonchev–Trinajstić information content (AvgIpc) is 2.72. The van der Waals surface area contributed by atoms with Gasteiger partial charge in [0.25, 0.3) is 0 Å². The van der Waals surface area contributed by atoms with Gasteiger partial charge in [-0.05, 0) is 18.6 Å². The van der Waals surface area contributed by atoms with Crippen molar-refractivity contribution in [3.05, 3.63) is 23.7 Å². The molecule has 2 aliphatic heterocycles. The Labute approximate surface area is 94.5 Å². The van der Waals surface area contributed by atoms with E-state index in [0.29, 0.717) is 11.6 Å². The average molecular weight is 230 g/mol. The number of halogens is 1. The SMILES string of the molecule is NC1=C(NCC2CCOC2)NC(Cl)C=C1. The number of rotatable bonds is 3. The van der Waals surface area contributed by atoms with Crippen molar-refractivity contribution in [2.45, 2.75) is 11.9 Å². The first-order valence-corrected chi connectivity index (χ1v) is 5.59. The molecule has 15 heavy (non-hydrogen) atoms. The topological polar surface area (TPSA) is 59.3 Å². The van der Waals surface area contributed by atoms with Gasteiger partial charge in [0.2, 0.25) is 0 Å². The molecule has 1 fully saturated rings. The van der Waals surface area contributed by atoms with Crippen LogP contribution in [-0.4, -0.2) is 25.3 Å². The number of alkyl halides is 1. The Morgan fingerprint density at radius 3 is 3.27 bits per heavy atom. The van der Waals surface area contributed by atoms with Crippen LogP contribution in [0.2, 0.25) is 0 Å². The van der Waals surface area contributed by atoms with Crippen LogP contribution >= 0.6 is 11.6 Å². The number of dihydropyridines is 1. The summed E-state index contributed by atoms with van der Waals surface area (Å²) in [4.78, 5) is 0. The van der Waals surface area contributed by atoms with Crippen LogP contribution in [0.3, 0.4) is 0 Å². The van der Waals surface area contributed by atoms with Crippen molar-refractivity contribution in [2.75, 3.05) is 19.8 Å². The van der Waals surface area contributed by atoms with Gasteiger partial charge < -0.3 is 21.1 Å². The van der Waals surface area contributed by atoms with E-state index >= 15 is 0 Å². The van der Waals surface area contributed by atoms with Crippen molar-refractivity contribution < 1.29 is 4.74 Å². The molecule has 84 valence electrons. The van der Waals surface area contributed by atoms with Crippen molar-refractivity contribution in [1.29, 1.82) is 0 Å². The third-order valence-electron chi connectivity index (χ3n) is 2.61. The maximum Gasteiger partial charge on any atom is 0.124 e. The zero-order valence-electron chi connectivity index (χ0n) is 8.50. The van der Waals surface area contributed by atoms with Crippen LogP contribution in [0.25, 0.3) is 0 Å². The second-order valence-electron chi connectivity index (χ2n) is 3.85. The fourth-order valence-electron chi connectivity index (χ4n) is 1.68. The first-order valence-electron chi connectivity index (χ1n) is 5.16. The monoisotopic (exact) mass is 229 g/mol. The summed E-state index contributed by atoms with van der Waals surface area (Å²) in [6.07, 6.45) is 4.75. The highest BCUT2D eigenvalue weighted by atomic mass is 35.5. The number of ether oxygens (including phenoxy) is 1. The molecule has 0 aromatic carbocycles. The van der Waals surface area contributed by atoms with Crippen molar-refractivity contribution >= 4 is 11.6 Å². The van der Waals surface area contributed by atoms with Gasteiger partial charge in [-0.3, -0.25) is 0 Å². The van der Waals surface area contributed by atoms with Gasteiger partial charge in [-0.15, -0.1) is 0 Å². The minimum Gasteiger partial charge on any atom is -0.396 e. The van der Waals surface area contributed by atoms with E-state index in [1.807, 2.05) is 12.2 Å². The van der Waals surface area contributed by atoms with E-state index in [1.165, 1.54) is 0 Å². The third kappa shape index (κ3) is 2.79. The van der Waals surface area contributed by atoms with Gasteiger partial charge >= 0.3 is 0 Å². The normalized spacial score (nSPS) is 30.5. The van der Waals surface area contributed by atoms with E-state index in [9.17, 15) is 0 Å². The van der Waals surface area contributed by atoms with Gasteiger partial charge in [0, 0.05) is 19.1 Å². The molecule has 0 spiro atoms. The predicted molar refractivity (Wildman–Crippen MR) is 60.1 cm³/mol. The molecule has 5 heteroatoms. The molecule has 0 aromatic heterocycles. The Morgan fingerprint density at radius 1 is 1.67 bits per heavy atom. The van der Waals surface area contributed by atoms with E-state index in [4.69, 9.17) is 22.1 Å². The molecule has 4 nitrogen and oxygen atoms in total. The quantitative estimate of drug-likeness (QED) is 0.486. The molecule has 0 bridgehead atoms.